The van der Waals surface area contributed by atoms with Crippen molar-refractivity contribution in [2.45, 2.75) is 27.2 Å². The zero-order valence-corrected chi connectivity index (χ0v) is 8.02. The summed E-state index contributed by atoms with van der Waals surface area (Å²) in [6.45, 7) is 9.70. The highest BCUT2D eigenvalue weighted by Crippen LogP contribution is 2.11. The summed E-state index contributed by atoms with van der Waals surface area (Å²) in [4.78, 5) is 0. The molecule has 0 heterocycles. The van der Waals surface area contributed by atoms with Crippen LogP contribution in [0.5, 0.6) is 0 Å². The van der Waals surface area contributed by atoms with E-state index < -0.39 is 0 Å². The Hall–Kier alpha value is -1.29. The number of allylic oxidation sites excluding steroid dienone is 5. The molecule has 0 rings (SSSR count). The minimum absolute atomic E-state index is 0.724. The van der Waals surface area contributed by atoms with Crippen molar-refractivity contribution in [2.75, 3.05) is 0 Å². The summed E-state index contributed by atoms with van der Waals surface area (Å²) in [7, 11) is 0. The van der Waals surface area contributed by atoms with Gasteiger partial charge < -0.3 is 0 Å². The Morgan fingerprint density at radius 2 is 2.00 bits per heavy atom. The molecule has 0 saturated carbocycles. The number of nitrogens with zero attached hydrogens (tertiary/aromatic N) is 1. The van der Waals surface area contributed by atoms with Gasteiger partial charge in [0.2, 0.25) is 0 Å². The van der Waals surface area contributed by atoms with Gasteiger partial charge in [0, 0.05) is 5.57 Å². The van der Waals surface area contributed by atoms with Crippen LogP contribution in [-0.4, -0.2) is 0 Å². The molecule has 0 aliphatic carbocycles. The Kier molecular flexibility index (Phi) is 4.79. The smallest absolute Gasteiger partial charge is 0.0944 e. The highest BCUT2D eigenvalue weighted by atomic mass is 14.2. The van der Waals surface area contributed by atoms with Crippen molar-refractivity contribution in [3.8, 4) is 6.07 Å². The predicted molar refractivity (Wildman–Crippen MR) is 52.6 cm³/mol. The first-order chi connectivity index (χ1) is 5.61. The normalized spacial score (nSPS) is 12.5. The Morgan fingerprint density at radius 3 is 2.33 bits per heavy atom. The van der Waals surface area contributed by atoms with Crippen molar-refractivity contribution in [1.29, 1.82) is 5.26 Å². The lowest BCUT2D eigenvalue weighted by Crippen LogP contribution is -1.80. The molecule has 0 atom stereocenters. The molecule has 0 amide bonds. The van der Waals surface area contributed by atoms with Gasteiger partial charge in [-0.15, -0.1) is 0 Å². The molecule has 0 N–H and O–H groups in total. The third-order valence-electron chi connectivity index (χ3n) is 1.64. The van der Waals surface area contributed by atoms with E-state index in [1.54, 1.807) is 6.92 Å². The van der Waals surface area contributed by atoms with Crippen LogP contribution < -0.4 is 0 Å². The van der Waals surface area contributed by atoms with E-state index in [2.05, 4.69) is 19.6 Å². The third kappa shape index (κ3) is 3.78. The van der Waals surface area contributed by atoms with Gasteiger partial charge >= 0.3 is 0 Å². The van der Waals surface area contributed by atoms with Crippen LogP contribution in [0.4, 0.5) is 0 Å². The fourth-order valence-electron chi connectivity index (χ4n) is 0.825. The molecule has 0 aromatic carbocycles. The molecule has 0 aromatic heterocycles. The summed E-state index contributed by atoms with van der Waals surface area (Å²) in [6.07, 6.45) is 4.75. The van der Waals surface area contributed by atoms with Gasteiger partial charge in [-0.25, -0.2) is 0 Å². The van der Waals surface area contributed by atoms with E-state index in [4.69, 9.17) is 5.26 Å². The Balaban J connectivity index is 4.54. The molecule has 0 aliphatic rings. The zero-order chi connectivity index (χ0) is 9.56. The molecule has 0 bridgehead atoms. The van der Waals surface area contributed by atoms with Gasteiger partial charge in [-0.3, -0.25) is 0 Å². The van der Waals surface area contributed by atoms with Crippen molar-refractivity contribution in [3.05, 3.63) is 35.5 Å². The van der Waals surface area contributed by atoms with Gasteiger partial charge in [-0.2, -0.15) is 5.26 Å². The molecule has 0 radical (unpaired) electrons. The zero-order valence-electron chi connectivity index (χ0n) is 8.02. The highest BCUT2D eigenvalue weighted by molar-refractivity contribution is 5.33. The summed E-state index contributed by atoms with van der Waals surface area (Å²) in [5, 5.41) is 8.49. The molecule has 0 unspecified atom stereocenters. The maximum Gasteiger partial charge on any atom is 0.0944 e. The largest absolute Gasteiger partial charge is 0.193 e. The highest BCUT2D eigenvalue weighted by Gasteiger charge is 1.91. The fraction of sp³-hybridized carbons (Fsp3) is 0.364. The molecule has 0 aromatic rings. The molecule has 0 fully saturated rings. The third-order valence-corrected chi connectivity index (χ3v) is 1.64. The first-order valence-electron chi connectivity index (χ1n) is 4.05. The minimum Gasteiger partial charge on any atom is -0.193 e. The minimum atomic E-state index is 0.724. The second-order valence-electron chi connectivity index (χ2n) is 2.79. The van der Waals surface area contributed by atoms with Crippen LogP contribution in [0.15, 0.2) is 35.5 Å². The van der Waals surface area contributed by atoms with E-state index in [1.165, 1.54) is 5.57 Å². The topological polar surface area (TPSA) is 23.8 Å². The second-order valence-corrected chi connectivity index (χ2v) is 2.79. The molecule has 0 saturated heterocycles. The second kappa shape index (κ2) is 5.37. The first kappa shape index (κ1) is 10.7. The predicted octanol–water partition coefficient (Wildman–Crippen LogP) is 3.37. The van der Waals surface area contributed by atoms with Crippen molar-refractivity contribution >= 4 is 0 Å². The van der Waals surface area contributed by atoms with Gasteiger partial charge in [0.1, 0.15) is 0 Å². The SMILES string of the molecule is C=C(C)/C(=C/C=C(\C)C#N)CC. The van der Waals surface area contributed by atoms with Crippen LogP contribution in [-0.2, 0) is 0 Å². The summed E-state index contributed by atoms with van der Waals surface area (Å²) in [6, 6.07) is 2.07. The number of nitriles is 1. The molecule has 0 aliphatic heterocycles. The maximum atomic E-state index is 8.49. The van der Waals surface area contributed by atoms with Gasteiger partial charge in [-0.05, 0) is 31.9 Å². The van der Waals surface area contributed by atoms with Crippen LogP contribution in [0.25, 0.3) is 0 Å². The Bertz CT molecular complexity index is 261. The van der Waals surface area contributed by atoms with Gasteiger partial charge in [-0.1, -0.05) is 25.2 Å². The van der Waals surface area contributed by atoms with Crippen LogP contribution in [0.1, 0.15) is 27.2 Å². The first-order valence-corrected chi connectivity index (χ1v) is 4.05. The lowest BCUT2D eigenvalue weighted by atomic mass is 10.1. The molecular weight excluding hydrogens is 146 g/mol. The Labute approximate surface area is 74.7 Å². The molecular formula is C11H15N. The quantitative estimate of drug-likeness (QED) is 0.460. The molecule has 0 spiro atoms. The lowest BCUT2D eigenvalue weighted by Gasteiger charge is -1.99. The number of rotatable bonds is 3. The average Bonchev–Trinajstić information content (AvgIpc) is 2.04. The fourth-order valence-corrected chi connectivity index (χ4v) is 0.825. The number of hydrogen-bond donors (Lipinski definition) is 0. The van der Waals surface area contributed by atoms with E-state index in [1.807, 2.05) is 19.1 Å². The van der Waals surface area contributed by atoms with Crippen molar-refractivity contribution in [2.24, 2.45) is 0 Å². The van der Waals surface area contributed by atoms with Crippen LogP contribution in [0, 0.1) is 11.3 Å². The van der Waals surface area contributed by atoms with Gasteiger partial charge in [0.05, 0.1) is 6.07 Å². The Morgan fingerprint density at radius 1 is 1.42 bits per heavy atom. The summed E-state index contributed by atoms with van der Waals surface area (Å²) in [5.41, 5.74) is 2.99. The standard InChI is InChI=1S/C11H15N/c1-5-11(9(2)3)7-6-10(4)8-12/h6-7H,2,5H2,1,3-4H3/b10-6+,11-7+. The maximum absolute atomic E-state index is 8.49. The van der Waals surface area contributed by atoms with Crippen molar-refractivity contribution < 1.29 is 0 Å². The van der Waals surface area contributed by atoms with Crippen LogP contribution in [0.2, 0.25) is 0 Å². The average molecular weight is 161 g/mol. The van der Waals surface area contributed by atoms with Crippen molar-refractivity contribution in [1.82, 2.24) is 0 Å². The van der Waals surface area contributed by atoms with Crippen LogP contribution in [0.3, 0.4) is 0 Å². The summed E-state index contributed by atoms with van der Waals surface area (Å²) >= 11 is 0. The van der Waals surface area contributed by atoms with E-state index >= 15 is 0 Å². The summed E-state index contributed by atoms with van der Waals surface area (Å²) in [5.74, 6) is 0. The monoisotopic (exact) mass is 161 g/mol. The van der Waals surface area contributed by atoms with E-state index in [0.717, 1.165) is 17.6 Å². The van der Waals surface area contributed by atoms with E-state index in [9.17, 15) is 0 Å². The van der Waals surface area contributed by atoms with E-state index in [-0.39, 0.29) is 0 Å². The molecule has 12 heavy (non-hydrogen) atoms. The molecule has 1 nitrogen and oxygen atoms in total. The van der Waals surface area contributed by atoms with Crippen molar-refractivity contribution in [3.63, 3.8) is 0 Å². The molecule has 64 valence electrons. The van der Waals surface area contributed by atoms with Crippen LogP contribution >= 0.6 is 0 Å². The van der Waals surface area contributed by atoms with Gasteiger partial charge in [0.25, 0.3) is 0 Å². The number of hydrogen-bond acceptors (Lipinski definition) is 1. The molecule has 1 heteroatoms. The lowest BCUT2D eigenvalue weighted by molar-refractivity contribution is 1.11. The van der Waals surface area contributed by atoms with Gasteiger partial charge in [0.15, 0.2) is 0 Å². The summed E-state index contributed by atoms with van der Waals surface area (Å²) < 4.78 is 0. The van der Waals surface area contributed by atoms with E-state index in [0.29, 0.717) is 0 Å².